The van der Waals surface area contributed by atoms with Crippen molar-refractivity contribution in [2.45, 2.75) is 39.5 Å². The zero-order valence-corrected chi connectivity index (χ0v) is 15.1. The lowest BCUT2D eigenvalue weighted by molar-refractivity contribution is 0.648. The predicted molar refractivity (Wildman–Crippen MR) is 103 cm³/mol. The molecule has 0 saturated carbocycles. The molecular weight excluding hydrogens is 308 g/mol. The molecule has 4 rings (SSSR count). The van der Waals surface area contributed by atoms with Crippen LogP contribution in [0, 0.1) is 0 Å². The quantitative estimate of drug-likeness (QED) is 0.443. The van der Waals surface area contributed by atoms with Gasteiger partial charge in [0.2, 0.25) is 5.71 Å². The highest BCUT2D eigenvalue weighted by Crippen LogP contribution is 2.35. The summed E-state index contributed by atoms with van der Waals surface area (Å²) in [6, 6.07) is 14.7. The second-order valence-electron chi connectivity index (χ2n) is 7.16. The maximum atomic E-state index is 6.18. The first-order valence-corrected chi connectivity index (χ1v) is 8.83. The maximum Gasteiger partial charge on any atom is 0.227 e. The minimum absolute atomic E-state index is 0.376. The molecule has 25 heavy (non-hydrogen) atoms. The number of para-hydroxylation sites is 1. The molecule has 0 fully saturated rings. The highest BCUT2D eigenvalue weighted by Gasteiger charge is 2.15. The third-order valence-corrected chi connectivity index (χ3v) is 4.70. The monoisotopic (exact) mass is 330 g/mol. The number of nitrogens with zero attached hydrogens (tertiary/aromatic N) is 2. The van der Waals surface area contributed by atoms with Crippen LogP contribution in [-0.4, -0.2) is 9.97 Å². The number of hydrogen-bond acceptors (Lipinski definition) is 3. The van der Waals surface area contributed by atoms with E-state index in [1.165, 1.54) is 5.56 Å². The van der Waals surface area contributed by atoms with Crippen molar-refractivity contribution in [3.63, 3.8) is 0 Å². The second-order valence-corrected chi connectivity index (χ2v) is 7.16. The van der Waals surface area contributed by atoms with Crippen LogP contribution >= 0.6 is 0 Å². The highest BCUT2D eigenvalue weighted by molar-refractivity contribution is 6.08. The highest BCUT2D eigenvalue weighted by atomic mass is 16.3. The van der Waals surface area contributed by atoms with Crippen LogP contribution in [0.1, 0.15) is 50.8 Å². The van der Waals surface area contributed by atoms with Crippen LogP contribution in [0.4, 0.5) is 0 Å². The van der Waals surface area contributed by atoms with Gasteiger partial charge in [-0.25, -0.2) is 4.98 Å². The third-order valence-electron chi connectivity index (χ3n) is 4.70. The Hall–Kier alpha value is -2.68. The van der Waals surface area contributed by atoms with Gasteiger partial charge < -0.3 is 4.42 Å². The van der Waals surface area contributed by atoms with Gasteiger partial charge in [-0.2, -0.15) is 0 Å². The Balaban J connectivity index is 1.96. The van der Waals surface area contributed by atoms with Gasteiger partial charge in [0.05, 0.1) is 5.69 Å². The average molecular weight is 330 g/mol. The first-order valence-electron chi connectivity index (χ1n) is 8.83. The van der Waals surface area contributed by atoms with Gasteiger partial charge in [0.1, 0.15) is 5.58 Å². The summed E-state index contributed by atoms with van der Waals surface area (Å²) in [5.41, 5.74) is 5.85. The molecule has 0 N–H and O–H groups in total. The van der Waals surface area contributed by atoms with Crippen molar-refractivity contribution in [3.8, 4) is 11.3 Å². The van der Waals surface area contributed by atoms with Crippen LogP contribution in [0.3, 0.4) is 0 Å². The molecule has 0 aliphatic carbocycles. The fraction of sp³-hybridized carbons (Fsp3) is 0.273. The topological polar surface area (TPSA) is 38.9 Å². The molecule has 3 heteroatoms. The summed E-state index contributed by atoms with van der Waals surface area (Å²) < 4.78 is 6.18. The largest absolute Gasteiger partial charge is 0.437 e. The zero-order chi connectivity index (χ0) is 17.6. The summed E-state index contributed by atoms with van der Waals surface area (Å²) in [5, 5.41) is 2.15. The summed E-state index contributed by atoms with van der Waals surface area (Å²) in [6.45, 7) is 8.67. The lowest BCUT2D eigenvalue weighted by Crippen LogP contribution is -1.90. The lowest BCUT2D eigenvalue weighted by Gasteiger charge is -2.07. The fourth-order valence-electron chi connectivity index (χ4n) is 3.17. The molecule has 4 aromatic rings. The average Bonchev–Trinajstić information content (AvgIpc) is 2.99. The van der Waals surface area contributed by atoms with Crippen LogP contribution in [0.2, 0.25) is 0 Å². The molecule has 0 aliphatic rings. The molecule has 0 radical (unpaired) electrons. The van der Waals surface area contributed by atoms with Crippen molar-refractivity contribution in [3.05, 3.63) is 59.9 Å². The molecule has 0 amide bonds. The van der Waals surface area contributed by atoms with E-state index in [1.54, 1.807) is 0 Å². The van der Waals surface area contributed by atoms with Gasteiger partial charge in [0, 0.05) is 28.2 Å². The maximum absolute atomic E-state index is 6.18. The predicted octanol–water partition coefficient (Wildman–Crippen LogP) is 6.29. The van der Waals surface area contributed by atoms with E-state index in [1.807, 2.05) is 6.20 Å². The summed E-state index contributed by atoms with van der Waals surface area (Å²) >= 11 is 0. The van der Waals surface area contributed by atoms with E-state index in [4.69, 9.17) is 9.40 Å². The Morgan fingerprint density at radius 1 is 0.880 bits per heavy atom. The standard InChI is InChI=1S/C22H22N2O/c1-13(2)15-10-11-23-20(12-15)18-7-5-6-16-17-8-9-19(14(3)4)24-22(17)25-21(16)18/h5-14H,1-4H3. The Labute approximate surface area is 147 Å². The number of fused-ring (bicyclic) bond motifs is 3. The van der Waals surface area contributed by atoms with E-state index in [-0.39, 0.29) is 0 Å². The summed E-state index contributed by atoms with van der Waals surface area (Å²) in [7, 11) is 0. The summed E-state index contributed by atoms with van der Waals surface area (Å²) in [5.74, 6) is 0.841. The fourth-order valence-corrected chi connectivity index (χ4v) is 3.17. The third kappa shape index (κ3) is 2.70. The minimum Gasteiger partial charge on any atom is -0.437 e. The van der Waals surface area contributed by atoms with Crippen molar-refractivity contribution >= 4 is 22.1 Å². The van der Waals surface area contributed by atoms with Crippen LogP contribution in [0.25, 0.3) is 33.3 Å². The van der Waals surface area contributed by atoms with Gasteiger partial charge in [-0.3, -0.25) is 4.98 Å². The molecule has 126 valence electrons. The van der Waals surface area contributed by atoms with E-state index in [0.29, 0.717) is 17.5 Å². The molecule has 0 spiro atoms. The molecule has 0 saturated heterocycles. The van der Waals surface area contributed by atoms with Crippen LogP contribution < -0.4 is 0 Å². The molecular formula is C22H22N2O. The first kappa shape index (κ1) is 15.8. The zero-order valence-electron chi connectivity index (χ0n) is 15.1. The van der Waals surface area contributed by atoms with Crippen molar-refractivity contribution < 1.29 is 4.42 Å². The van der Waals surface area contributed by atoms with Crippen LogP contribution in [0.5, 0.6) is 0 Å². The van der Waals surface area contributed by atoms with Gasteiger partial charge in [0.15, 0.2) is 0 Å². The number of pyridine rings is 2. The Bertz CT molecular complexity index is 1060. The Morgan fingerprint density at radius 3 is 2.48 bits per heavy atom. The van der Waals surface area contributed by atoms with Gasteiger partial charge in [0.25, 0.3) is 0 Å². The molecule has 0 aliphatic heterocycles. The smallest absolute Gasteiger partial charge is 0.227 e. The van der Waals surface area contributed by atoms with Gasteiger partial charge in [-0.15, -0.1) is 0 Å². The molecule has 3 heterocycles. The minimum atomic E-state index is 0.376. The van der Waals surface area contributed by atoms with Crippen molar-refractivity contribution in [2.24, 2.45) is 0 Å². The van der Waals surface area contributed by atoms with Crippen molar-refractivity contribution in [1.29, 1.82) is 0 Å². The molecule has 0 unspecified atom stereocenters. The van der Waals surface area contributed by atoms with Crippen molar-refractivity contribution in [1.82, 2.24) is 9.97 Å². The van der Waals surface area contributed by atoms with E-state index in [2.05, 4.69) is 75.1 Å². The number of rotatable bonds is 3. The van der Waals surface area contributed by atoms with Crippen LogP contribution in [0.15, 0.2) is 53.1 Å². The van der Waals surface area contributed by atoms with E-state index < -0.39 is 0 Å². The normalized spacial score (nSPS) is 11.9. The first-order chi connectivity index (χ1) is 12.0. The molecule has 0 atom stereocenters. The van der Waals surface area contributed by atoms with Gasteiger partial charge in [-0.05, 0) is 47.7 Å². The van der Waals surface area contributed by atoms with Crippen molar-refractivity contribution in [2.75, 3.05) is 0 Å². The van der Waals surface area contributed by atoms with E-state index in [9.17, 15) is 0 Å². The SMILES string of the molecule is CC(C)c1ccnc(-c2cccc3c2oc2nc(C(C)C)ccc23)c1. The Morgan fingerprint density at radius 2 is 1.72 bits per heavy atom. The molecule has 0 bridgehead atoms. The summed E-state index contributed by atoms with van der Waals surface area (Å²) in [4.78, 5) is 9.28. The second kappa shape index (κ2) is 5.99. The number of benzene rings is 1. The molecule has 3 aromatic heterocycles. The lowest BCUT2D eigenvalue weighted by atomic mass is 10.0. The van der Waals surface area contributed by atoms with E-state index >= 15 is 0 Å². The Kier molecular flexibility index (Phi) is 3.79. The number of hydrogen-bond donors (Lipinski definition) is 0. The number of aromatic nitrogens is 2. The van der Waals surface area contributed by atoms with Crippen LogP contribution in [-0.2, 0) is 0 Å². The van der Waals surface area contributed by atoms with E-state index in [0.717, 1.165) is 33.3 Å². The number of furan rings is 1. The molecule has 1 aromatic carbocycles. The van der Waals surface area contributed by atoms with Gasteiger partial charge in [-0.1, -0.05) is 39.8 Å². The summed E-state index contributed by atoms with van der Waals surface area (Å²) in [6.07, 6.45) is 1.88. The van der Waals surface area contributed by atoms with Gasteiger partial charge >= 0.3 is 0 Å². The molecule has 3 nitrogen and oxygen atoms in total.